The average Bonchev–Trinajstić information content (AvgIpc) is 2.60. The summed E-state index contributed by atoms with van der Waals surface area (Å²) in [5, 5.41) is 2.93. The van der Waals surface area contributed by atoms with Crippen molar-refractivity contribution in [2.45, 2.75) is 19.9 Å². The number of amides is 1. The van der Waals surface area contributed by atoms with Crippen molar-refractivity contribution in [1.82, 2.24) is 10.3 Å². The maximum atomic E-state index is 12.2. The molecular weight excluding hydrogens is 314 g/mol. The van der Waals surface area contributed by atoms with Crippen molar-refractivity contribution in [2.75, 3.05) is 26.1 Å². The Morgan fingerprint density at radius 1 is 1.20 bits per heavy atom. The maximum Gasteiger partial charge on any atom is 0.244 e. The molecule has 0 spiro atoms. The van der Waals surface area contributed by atoms with Gasteiger partial charge < -0.3 is 15.0 Å². The quantitative estimate of drug-likeness (QED) is 0.788. The summed E-state index contributed by atoms with van der Waals surface area (Å²) in [4.78, 5) is 18.5. The molecule has 0 aliphatic rings. The smallest absolute Gasteiger partial charge is 0.244 e. The van der Waals surface area contributed by atoms with Crippen LogP contribution < -0.4 is 15.0 Å². The van der Waals surface area contributed by atoms with Crippen LogP contribution in [0.3, 0.4) is 0 Å². The second-order valence-electron chi connectivity index (χ2n) is 6.08. The first-order valence-corrected chi connectivity index (χ1v) is 8.19. The normalized spacial score (nSPS) is 11.1. The van der Waals surface area contributed by atoms with Crippen LogP contribution in [0.25, 0.3) is 0 Å². The van der Waals surface area contributed by atoms with Crippen molar-refractivity contribution in [1.29, 1.82) is 0 Å². The number of ether oxygens (including phenoxy) is 1. The van der Waals surface area contributed by atoms with Crippen LogP contribution in [0.2, 0.25) is 0 Å². The summed E-state index contributed by atoms with van der Waals surface area (Å²) in [6.45, 7) is 2.39. The van der Waals surface area contributed by atoms with Crippen LogP contribution in [0.1, 0.15) is 18.1 Å². The van der Waals surface area contributed by atoms with Gasteiger partial charge in [-0.2, -0.15) is 0 Å². The summed E-state index contributed by atoms with van der Waals surface area (Å²) in [5.74, 6) is 1.58. The van der Waals surface area contributed by atoms with Gasteiger partial charge in [0, 0.05) is 38.5 Å². The number of carbonyl (C=O) groups is 1. The topological polar surface area (TPSA) is 54.5 Å². The van der Waals surface area contributed by atoms with Gasteiger partial charge in [-0.1, -0.05) is 29.8 Å². The molecule has 2 rings (SSSR count). The zero-order valence-corrected chi connectivity index (χ0v) is 15.2. The van der Waals surface area contributed by atoms with Gasteiger partial charge in [-0.3, -0.25) is 4.79 Å². The van der Waals surface area contributed by atoms with Gasteiger partial charge in [-0.05, 0) is 31.0 Å². The lowest BCUT2D eigenvalue weighted by Gasteiger charge is -2.15. The second kappa shape index (κ2) is 8.87. The molecule has 0 aliphatic heterocycles. The summed E-state index contributed by atoms with van der Waals surface area (Å²) >= 11 is 0. The highest BCUT2D eigenvalue weighted by atomic mass is 16.5. The van der Waals surface area contributed by atoms with Crippen LogP contribution in [-0.4, -0.2) is 32.1 Å². The predicted molar refractivity (Wildman–Crippen MR) is 101 cm³/mol. The van der Waals surface area contributed by atoms with Gasteiger partial charge in [-0.15, -0.1) is 0 Å². The van der Waals surface area contributed by atoms with Gasteiger partial charge in [0.1, 0.15) is 11.6 Å². The van der Waals surface area contributed by atoms with Gasteiger partial charge in [0.05, 0.1) is 7.11 Å². The van der Waals surface area contributed by atoms with Gasteiger partial charge >= 0.3 is 0 Å². The fourth-order valence-electron chi connectivity index (χ4n) is 2.63. The largest absolute Gasteiger partial charge is 0.496 e. The summed E-state index contributed by atoms with van der Waals surface area (Å²) in [5.41, 5.74) is 3.02. The second-order valence-corrected chi connectivity index (χ2v) is 6.08. The molecule has 0 atom stereocenters. The Morgan fingerprint density at radius 2 is 1.92 bits per heavy atom. The molecule has 2 aromatic rings. The van der Waals surface area contributed by atoms with E-state index in [9.17, 15) is 4.79 Å². The van der Waals surface area contributed by atoms with Gasteiger partial charge in [0.15, 0.2) is 0 Å². The van der Waals surface area contributed by atoms with Crippen LogP contribution in [0.4, 0.5) is 5.82 Å². The third kappa shape index (κ3) is 5.35. The van der Waals surface area contributed by atoms with Crippen LogP contribution in [0.5, 0.6) is 5.75 Å². The van der Waals surface area contributed by atoms with Crippen LogP contribution in [-0.2, 0) is 17.8 Å². The van der Waals surface area contributed by atoms with E-state index in [-0.39, 0.29) is 5.91 Å². The summed E-state index contributed by atoms with van der Waals surface area (Å²) in [6, 6.07) is 11.7. The lowest BCUT2D eigenvalue weighted by atomic mass is 10.0. The number of allylic oxidation sites excluding steroid dienone is 1. The van der Waals surface area contributed by atoms with E-state index >= 15 is 0 Å². The molecule has 132 valence electrons. The molecule has 0 aliphatic carbocycles. The van der Waals surface area contributed by atoms with E-state index in [1.165, 1.54) is 0 Å². The minimum Gasteiger partial charge on any atom is -0.496 e. The fraction of sp³-hybridized carbons (Fsp3) is 0.300. The Morgan fingerprint density at radius 3 is 2.64 bits per heavy atom. The molecule has 0 saturated heterocycles. The number of anilines is 1. The van der Waals surface area contributed by atoms with Gasteiger partial charge in [0.25, 0.3) is 0 Å². The first-order chi connectivity index (χ1) is 12.0. The van der Waals surface area contributed by atoms with Crippen LogP contribution in [0, 0.1) is 0 Å². The molecule has 1 aromatic heterocycles. The maximum absolute atomic E-state index is 12.2. The Hall–Kier alpha value is -2.82. The van der Waals surface area contributed by atoms with Crippen molar-refractivity contribution in [3.63, 3.8) is 0 Å². The highest BCUT2D eigenvalue weighted by Gasteiger charge is 2.07. The van der Waals surface area contributed by atoms with Crippen molar-refractivity contribution in [3.8, 4) is 5.75 Å². The first kappa shape index (κ1) is 18.5. The van der Waals surface area contributed by atoms with E-state index in [1.807, 2.05) is 62.3 Å². The summed E-state index contributed by atoms with van der Waals surface area (Å²) in [7, 11) is 5.52. The molecule has 5 nitrogen and oxygen atoms in total. The van der Waals surface area contributed by atoms with Crippen molar-refractivity contribution >= 4 is 11.7 Å². The number of hydrogen-bond donors (Lipinski definition) is 1. The minimum absolute atomic E-state index is 0.110. The molecule has 1 heterocycles. The monoisotopic (exact) mass is 339 g/mol. The number of nitrogens with one attached hydrogen (secondary N) is 1. The Bertz CT molecular complexity index is 754. The number of rotatable bonds is 7. The third-order valence-electron chi connectivity index (χ3n) is 3.78. The number of para-hydroxylation sites is 1. The number of nitrogens with zero attached hydrogens (tertiary/aromatic N) is 2. The van der Waals surface area contributed by atoms with Gasteiger partial charge in [0.2, 0.25) is 5.91 Å². The van der Waals surface area contributed by atoms with E-state index in [0.717, 1.165) is 28.3 Å². The highest BCUT2D eigenvalue weighted by molar-refractivity contribution is 5.88. The number of carbonyl (C=O) groups excluding carboxylic acids is 1. The fourth-order valence-corrected chi connectivity index (χ4v) is 2.63. The molecular formula is C20H25N3O2. The highest BCUT2D eigenvalue weighted by Crippen LogP contribution is 2.20. The SMILES string of the molecule is COc1ccccc1CC(C)=CC(=O)NCc1cccnc1N(C)C. The molecule has 1 amide bonds. The number of methoxy groups -OCH3 is 1. The zero-order chi connectivity index (χ0) is 18.2. The molecule has 0 radical (unpaired) electrons. The molecule has 5 heteroatoms. The van der Waals surface area contributed by atoms with Crippen LogP contribution in [0.15, 0.2) is 54.2 Å². The summed E-state index contributed by atoms with van der Waals surface area (Å²) < 4.78 is 5.35. The first-order valence-electron chi connectivity index (χ1n) is 8.19. The van der Waals surface area contributed by atoms with E-state index in [1.54, 1.807) is 19.4 Å². The number of hydrogen-bond acceptors (Lipinski definition) is 4. The van der Waals surface area contributed by atoms with E-state index in [0.29, 0.717) is 13.0 Å². The van der Waals surface area contributed by atoms with Crippen molar-refractivity contribution in [3.05, 3.63) is 65.4 Å². The molecule has 25 heavy (non-hydrogen) atoms. The zero-order valence-electron chi connectivity index (χ0n) is 15.2. The van der Waals surface area contributed by atoms with Crippen LogP contribution >= 0.6 is 0 Å². The van der Waals surface area contributed by atoms with E-state index in [2.05, 4.69) is 10.3 Å². The molecule has 0 bridgehead atoms. The Kier molecular flexibility index (Phi) is 6.57. The Balaban J connectivity index is 1.98. The number of pyridine rings is 1. The molecule has 0 saturated carbocycles. The summed E-state index contributed by atoms with van der Waals surface area (Å²) in [6.07, 6.45) is 4.06. The molecule has 0 fully saturated rings. The van der Waals surface area contributed by atoms with Gasteiger partial charge in [-0.25, -0.2) is 4.98 Å². The van der Waals surface area contributed by atoms with Crippen molar-refractivity contribution in [2.24, 2.45) is 0 Å². The predicted octanol–water partition coefficient (Wildman–Crippen LogP) is 2.96. The molecule has 1 aromatic carbocycles. The lowest BCUT2D eigenvalue weighted by molar-refractivity contribution is -0.116. The third-order valence-corrected chi connectivity index (χ3v) is 3.78. The van der Waals surface area contributed by atoms with E-state index < -0.39 is 0 Å². The molecule has 1 N–H and O–H groups in total. The molecule has 0 unspecified atom stereocenters. The van der Waals surface area contributed by atoms with Crippen molar-refractivity contribution < 1.29 is 9.53 Å². The number of aromatic nitrogens is 1. The Labute approximate surface area is 149 Å². The minimum atomic E-state index is -0.110. The number of benzene rings is 1. The lowest BCUT2D eigenvalue weighted by Crippen LogP contribution is -2.23. The van der Waals surface area contributed by atoms with E-state index in [4.69, 9.17) is 4.74 Å². The average molecular weight is 339 g/mol. The standard InChI is InChI=1S/C20H25N3O2/c1-15(12-16-8-5-6-10-18(16)25-4)13-19(24)22-14-17-9-7-11-21-20(17)23(2)3/h5-11,13H,12,14H2,1-4H3,(H,22,24).